The molecule has 2 rings (SSSR count). The number of halogens is 3. The fourth-order valence-electron chi connectivity index (χ4n) is 2.69. The van der Waals surface area contributed by atoms with Crippen LogP contribution < -0.4 is 25.8 Å². The van der Waals surface area contributed by atoms with Crippen molar-refractivity contribution in [3.63, 3.8) is 0 Å². The number of alkyl halides is 3. The number of nitrogen functional groups attached to an aromatic ring is 1. The predicted octanol–water partition coefficient (Wildman–Crippen LogP) is 3.36. The van der Waals surface area contributed by atoms with Gasteiger partial charge in [-0.3, -0.25) is 4.79 Å². The Labute approximate surface area is 202 Å². The molecule has 0 bridgehead atoms. The molecule has 1 atom stereocenters. The minimum absolute atomic E-state index is 0. The normalized spacial score (nSPS) is 11.7. The van der Waals surface area contributed by atoms with Crippen LogP contribution in [0.1, 0.15) is 32.4 Å². The summed E-state index contributed by atoms with van der Waals surface area (Å²) >= 11 is 0. The molecule has 0 fully saturated rings. The molecule has 0 saturated carbocycles. The number of carbonyl (C=O) groups excluding carboxylic acids is 1. The Hall–Kier alpha value is -3.79. The van der Waals surface area contributed by atoms with Crippen LogP contribution in [-0.4, -0.2) is 60.7 Å². The number of nitrogens with two attached hydrogens (primary N) is 1. The van der Waals surface area contributed by atoms with Crippen LogP contribution in [0, 0.1) is 11.3 Å². The highest BCUT2D eigenvalue weighted by Gasteiger charge is 2.32. The van der Waals surface area contributed by atoms with Gasteiger partial charge < -0.3 is 30.7 Å². The lowest BCUT2D eigenvalue weighted by Gasteiger charge is -2.18. The van der Waals surface area contributed by atoms with Gasteiger partial charge >= 0.3 is 6.18 Å². The first-order valence-electron chi connectivity index (χ1n) is 10.2. The number of nitriles is 1. The first-order chi connectivity index (χ1) is 15.9. The molecule has 0 unspecified atom stereocenters. The lowest BCUT2D eigenvalue weighted by molar-refractivity contribution is -0.137. The number of ether oxygens (including phenoxy) is 2. The van der Waals surface area contributed by atoms with Crippen molar-refractivity contribution < 1.29 is 27.4 Å². The van der Waals surface area contributed by atoms with Crippen LogP contribution in [0.25, 0.3) is 0 Å². The number of nitrogens with one attached hydrogen (secondary N) is 2. The molecule has 0 aliphatic heterocycles. The van der Waals surface area contributed by atoms with E-state index in [0.29, 0.717) is 6.54 Å². The SMILES string of the molecule is C.CCOc1nc(N)nc(N[C@@H](C)C(=O)Nc2cc(OCCN(C)C)cc(C(F)(F)F)c2)c1C#N. The third-order valence-corrected chi connectivity index (χ3v) is 4.34. The van der Waals surface area contributed by atoms with E-state index in [4.69, 9.17) is 15.2 Å². The number of hydrogen-bond acceptors (Lipinski definition) is 9. The van der Waals surface area contributed by atoms with Crippen LogP contribution >= 0.6 is 0 Å². The Kier molecular flexibility index (Phi) is 10.5. The van der Waals surface area contributed by atoms with Crippen LogP contribution in [0.15, 0.2) is 18.2 Å². The Bertz CT molecular complexity index is 1060. The molecule has 2 aromatic rings. The summed E-state index contributed by atoms with van der Waals surface area (Å²) in [4.78, 5) is 22.3. The average Bonchev–Trinajstić information content (AvgIpc) is 2.72. The summed E-state index contributed by atoms with van der Waals surface area (Å²) in [5.74, 6) is -1.00. The van der Waals surface area contributed by atoms with Gasteiger partial charge in [-0.25, -0.2) is 0 Å². The van der Waals surface area contributed by atoms with E-state index in [-0.39, 0.29) is 55.3 Å². The quantitative estimate of drug-likeness (QED) is 0.451. The summed E-state index contributed by atoms with van der Waals surface area (Å²) in [6, 6.07) is 3.84. The smallest absolute Gasteiger partial charge is 0.416 e. The van der Waals surface area contributed by atoms with Gasteiger partial charge in [0.2, 0.25) is 17.7 Å². The van der Waals surface area contributed by atoms with Gasteiger partial charge in [0.05, 0.1) is 12.2 Å². The predicted molar refractivity (Wildman–Crippen MR) is 126 cm³/mol. The highest BCUT2D eigenvalue weighted by Crippen LogP contribution is 2.34. The minimum atomic E-state index is -4.64. The lowest BCUT2D eigenvalue weighted by atomic mass is 10.1. The summed E-state index contributed by atoms with van der Waals surface area (Å²) in [7, 11) is 3.60. The molecule has 1 aromatic heterocycles. The second-order valence-electron chi connectivity index (χ2n) is 7.41. The number of nitrogens with zero attached hydrogens (tertiary/aromatic N) is 4. The highest BCUT2D eigenvalue weighted by molar-refractivity contribution is 5.96. The van der Waals surface area contributed by atoms with E-state index >= 15 is 0 Å². The molecular formula is C22H30F3N7O3. The molecule has 0 aliphatic carbocycles. The van der Waals surface area contributed by atoms with E-state index < -0.39 is 23.7 Å². The molecule has 192 valence electrons. The van der Waals surface area contributed by atoms with Gasteiger partial charge in [0.15, 0.2) is 11.4 Å². The molecule has 0 saturated heterocycles. The number of likely N-dealkylation sites (N-methyl/N-ethyl adjacent to an activating group) is 1. The standard InChI is InChI=1S/C21H26F3N7O3.CH4/c1-5-33-19-16(11-25)17(29-20(26)30-19)27-12(2)18(32)28-14-8-13(21(22,23)24)9-15(10-14)34-7-6-31(3)4;/h8-10,12H,5-7H2,1-4H3,(H,28,32)(H3,26,27,29,30);1H4/t12-;/m0./s1. The lowest BCUT2D eigenvalue weighted by Crippen LogP contribution is -2.32. The summed E-state index contributed by atoms with van der Waals surface area (Å²) < 4.78 is 50.7. The summed E-state index contributed by atoms with van der Waals surface area (Å²) in [6.45, 7) is 4.00. The summed E-state index contributed by atoms with van der Waals surface area (Å²) in [5, 5.41) is 14.6. The van der Waals surface area contributed by atoms with Gasteiger partial charge in [-0.1, -0.05) is 7.43 Å². The number of rotatable bonds is 10. The molecule has 1 heterocycles. The Balaban J connectivity index is 0.00000612. The highest BCUT2D eigenvalue weighted by atomic mass is 19.4. The number of aromatic nitrogens is 2. The molecule has 13 heteroatoms. The van der Waals surface area contributed by atoms with E-state index in [1.165, 1.54) is 13.0 Å². The zero-order chi connectivity index (χ0) is 25.5. The second kappa shape index (κ2) is 12.6. The fourth-order valence-corrected chi connectivity index (χ4v) is 2.69. The number of anilines is 3. The van der Waals surface area contributed by atoms with Crippen LogP contribution in [0.5, 0.6) is 11.6 Å². The molecule has 0 radical (unpaired) electrons. The molecule has 4 N–H and O–H groups in total. The van der Waals surface area contributed by atoms with Gasteiger partial charge in [0, 0.05) is 18.3 Å². The van der Waals surface area contributed by atoms with Crippen LogP contribution in [-0.2, 0) is 11.0 Å². The number of amides is 1. The molecule has 1 aromatic carbocycles. The Morgan fingerprint density at radius 2 is 1.94 bits per heavy atom. The molecule has 0 spiro atoms. The van der Waals surface area contributed by atoms with Crippen LogP contribution in [0.2, 0.25) is 0 Å². The Morgan fingerprint density at radius 3 is 2.51 bits per heavy atom. The van der Waals surface area contributed by atoms with Gasteiger partial charge in [-0.2, -0.15) is 28.4 Å². The van der Waals surface area contributed by atoms with E-state index in [0.717, 1.165) is 12.1 Å². The molecule has 1 amide bonds. The van der Waals surface area contributed by atoms with Crippen molar-refractivity contribution >= 4 is 23.4 Å². The third-order valence-electron chi connectivity index (χ3n) is 4.34. The van der Waals surface area contributed by atoms with Crippen LogP contribution in [0.3, 0.4) is 0 Å². The maximum atomic E-state index is 13.3. The van der Waals surface area contributed by atoms with Crippen molar-refractivity contribution in [2.24, 2.45) is 0 Å². The minimum Gasteiger partial charge on any atom is -0.492 e. The maximum absolute atomic E-state index is 13.3. The summed E-state index contributed by atoms with van der Waals surface area (Å²) in [6.07, 6.45) is -4.64. The van der Waals surface area contributed by atoms with Crippen molar-refractivity contribution in [1.82, 2.24) is 14.9 Å². The van der Waals surface area contributed by atoms with Gasteiger partial charge in [-0.05, 0) is 40.1 Å². The molecule has 35 heavy (non-hydrogen) atoms. The second-order valence-corrected chi connectivity index (χ2v) is 7.41. The van der Waals surface area contributed by atoms with Gasteiger partial charge in [-0.15, -0.1) is 0 Å². The average molecular weight is 498 g/mol. The number of benzene rings is 1. The Morgan fingerprint density at radius 1 is 1.26 bits per heavy atom. The molecular weight excluding hydrogens is 467 g/mol. The van der Waals surface area contributed by atoms with Crippen molar-refractivity contribution in [2.45, 2.75) is 33.5 Å². The zero-order valence-corrected chi connectivity index (χ0v) is 19.2. The first-order valence-corrected chi connectivity index (χ1v) is 10.2. The van der Waals surface area contributed by atoms with Crippen molar-refractivity contribution in [1.29, 1.82) is 5.26 Å². The van der Waals surface area contributed by atoms with E-state index in [1.807, 2.05) is 11.0 Å². The molecule has 10 nitrogen and oxygen atoms in total. The van der Waals surface area contributed by atoms with Crippen molar-refractivity contribution in [3.05, 3.63) is 29.3 Å². The number of hydrogen-bond donors (Lipinski definition) is 3. The number of carbonyl (C=O) groups is 1. The van der Waals surface area contributed by atoms with Crippen molar-refractivity contribution in [2.75, 3.05) is 50.2 Å². The van der Waals surface area contributed by atoms with Crippen LogP contribution in [0.4, 0.5) is 30.6 Å². The summed E-state index contributed by atoms with van der Waals surface area (Å²) in [5.41, 5.74) is 4.51. The monoisotopic (exact) mass is 497 g/mol. The zero-order valence-electron chi connectivity index (χ0n) is 19.2. The molecule has 0 aliphatic rings. The topological polar surface area (TPSA) is 138 Å². The maximum Gasteiger partial charge on any atom is 0.416 e. The van der Waals surface area contributed by atoms with Gasteiger partial charge in [0.1, 0.15) is 24.5 Å². The van der Waals surface area contributed by atoms with Gasteiger partial charge in [0.25, 0.3) is 0 Å². The van der Waals surface area contributed by atoms with Crippen molar-refractivity contribution in [3.8, 4) is 17.7 Å². The van der Waals surface area contributed by atoms with E-state index in [2.05, 4.69) is 20.6 Å². The van der Waals surface area contributed by atoms with E-state index in [9.17, 15) is 23.2 Å². The fraction of sp³-hybridized carbons (Fsp3) is 0.455. The van der Waals surface area contributed by atoms with E-state index in [1.54, 1.807) is 21.0 Å². The first kappa shape index (κ1) is 29.2. The largest absolute Gasteiger partial charge is 0.492 e. The third kappa shape index (κ3) is 8.49.